The first-order chi connectivity index (χ1) is 12.2. The molecule has 2 heterocycles. The van der Waals surface area contributed by atoms with Crippen LogP contribution in [0.15, 0.2) is 61.1 Å². The van der Waals surface area contributed by atoms with Crippen molar-refractivity contribution in [2.75, 3.05) is 5.32 Å². The molecule has 4 rings (SSSR count). The highest BCUT2D eigenvalue weighted by Gasteiger charge is 2.12. The molecule has 2 aromatic carbocycles. The van der Waals surface area contributed by atoms with E-state index in [4.69, 9.17) is 5.26 Å². The molecule has 7 heteroatoms. The van der Waals surface area contributed by atoms with Crippen molar-refractivity contribution in [2.45, 2.75) is 0 Å². The van der Waals surface area contributed by atoms with Crippen molar-refractivity contribution in [3.63, 3.8) is 0 Å². The lowest BCUT2D eigenvalue weighted by Gasteiger charge is -2.07. The summed E-state index contributed by atoms with van der Waals surface area (Å²) in [6.45, 7) is 0. The molecule has 0 fully saturated rings. The van der Waals surface area contributed by atoms with Crippen molar-refractivity contribution >= 4 is 22.5 Å². The molecule has 120 valence electrons. The first-order valence-corrected chi connectivity index (χ1v) is 7.46. The number of fused-ring (bicyclic) bond motifs is 1. The zero-order valence-corrected chi connectivity index (χ0v) is 12.9. The van der Waals surface area contributed by atoms with Crippen LogP contribution in [0.1, 0.15) is 5.56 Å². The molecule has 0 atom stereocenters. The van der Waals surface area contributed by atoms with Crippen LogP contribution in [-0.2, 0) is 0 Å². The Bertz CT molecular complexity index is 1110. The number of rotatable bonds is 3. The molecule has 0 saturated heterocycles. The first kappa shape index (κ1) is 14.8. The summed E-state index contributed by atoms with van der Waals surface area (Å²) in [7, 11) is 0. The van der Waals surface area contributed by atoms with Crippen LogP contribution >= 0.6 is 0 Å². The van der Waals surface area contributed by atoms with Crippen molar-refractivity contribution in [3.05, 3.63) is 72.4 Å². The number of hydrogen-bond donors (Lipinski definition) is 1. The van der Waals surface area contributed by atoms with E-state index in [1.54, 1.807) is 41.2 Å². The summed E-state index contributed by atoms with van der Waals surface area (Å²) in [5, 5.41) is 17.2. The average molecular weight is 330 g/mol. The number of halogens is 1. The smallest absolute Gasteiger partial charge is 0.168 e. The molecule has 4 aromatic rings. The van der Waals surface area contributed by atoms with Crippen molar-refractivity contribution in [1.29, 1.82) is 5.26 Å². The Labute approximate surface area is 142 Å². The summed E-state index contributed by atoms with van der Waals surface area (Å²) < 4.78 is 15.0. The van der Waals surface area contributed by atoms with Gasteiger partial charge in [0.1, 0.15) is 18.0 Å². The highest BCUT2D eigenvalue weighted by Crippen LogP contribution is 2.25. The van der Waals surface area contributed by atoms with Crippen LogP contribution < -0.4 is 5.32 Å². The average Bonchev–Trinajstić information content (AvgIpc) is 3.07. The van der Waals surface area contributed by atoms with Gasteiger partial charge in [0, 0.05) is 5.69 Å². The second-order valence-electron chi connectivity index (χ2n) is 5.31. The minimum Gasteiger partial charge on any atom is -0.339 e. The zero-order valence-electron chi connectivity index (χ0n) is 12.9. The van der Waals surface area contributed by atoms with E-state index in [9.17, 15) is 4.39 Å². The van der Waals surface area contributed by atoms with Gasteiger partial charge in [-0.15, -0.1) is 0 Å². The van der Waals surface area contributed by atoms with E-state index in [2.05, 4.69) is 26.5 Å². The van der Waals surface area contributed by atoms with E-state index in [-0.39, 0.29) is 5.82 Å². The monoisotopic (exact) mass is 330 g/mol. The van der Waals surface area contributed by atoms with Crippen molar-refractivity contribution in [1.82, 2.24) is 19.7 Å². The summed E-state index contributed by atoms with van der Waals surface area (Å²) >= 11 is 0. The fraction of sp³-hybridized carbons (Fsp3) is 0. The van der Waals surface area contributed by atoms with E-state index in [1.165, 1.54) is 18.5 Å². The number of nitrogens with one attached hydrogen (secondary N) is 1. The maximum Gasteiger partial charge on any atom is 0.168 e. The molecule has 2 aromatic heterocycles. The molecule has 0 saturated carbocycles. The maximum absolute atomic E-state index is 13.5. The minimum absolute atomic E-state index is 0.345. The third kappa shape index (κ3) is 2.77. The lowest BCUT2D eigenvalue weighted by molar-refractivity contribution is 0.625. The highest BCUT2D eigenvalue weighted by molar-refractivity contribution is 5.89. The largest absolute Gasteiger partial charge is 0.339 e. The van der Waals surface area contributed by atoms with Gasteiger partial charge in [-0.05, 0) is 36.4 Å². The summed E-state index contributed by atoms with van der Waals surface area (Å²) in [5.74, 6) is 0.213. The SMILES string of the molecule is N#Cc1cccc(Nc2ncnc3c2cnn3-c2cccc(F)c2)c1. The Morgan fingerprint density at radius 1 is 1.08 bits per heavy atom. The number of benzene rings is 2. The Balaban J connectivity index is 1.78. The van der Waals surface area contributed by atoms with Crippen molar-refractivity contribution in [2.24, 2.45) is 0 Å². The third-order valence-electron chi connectivity index (χ3n) is 3.67. The molecule has 0 unspecified atom stereocenters. The number of nitriles is 1. The Kier molecular flexibility index (Phi) is 3.56. The molecule has 1 N–H and O–H groups in total. The molecule has 0 aliphatic rings. The summed E-state index contributed by atoms with van der Waals surface area (Å²) in [5.41, 5.74) is 2.41. The number of aromatic nitrogens is 4. The lowest BCUT2D eigenvalue weighted by Crippen LogP contribution is -2.00. The van der Waals surface area contributed by atoms with E-state index in [1.807, 2.05) is 6.07 Å². The molecule has 0 spiro atoms. The van der Waals surface area contributed by atoms with Gasteiger partial charge in [0.25, 0.3) is 0 Å². The van der Waals surface area contributed by atoms with Gasteiger partial charge in [-0.25, -0.2) is 19.0 Å². The normalized spacial score (nSPS) is 10.6. The van der Waals surface area contributed by atoms with Gasteiger partial charge in [-0.1, -0.05) is 12.1 Å². The number of nitrogens with zero attached hydrogens (tertiary/aromatic N) is 5. The van der Waals surface area contributed by atoms with Crippen LogP contribution in [0.5, 0.6) is 0 Å². The summed E-state index contributed by atoms with van der Waals surface area (Å²) in [6.07, 6.45) is 3.03. The van der Waals surface area contributed by atoms with Gasteiger partial charge < -0.3 is 5.32 Å². The second-order valence-corrected chi connectivity index (χ2v) is 5.31. The minimum atomic E-state index is -0.345. The first-order valence-electron chi connectivity index (χ1n) is 7.46. The fourth-order valence-electron chi connectivity index (χ4n) is 2.54. The molecule has 25 heavy (non-hydrogen) atoms. The molecular formula is C18H11FN6. The Hall–Kier alpha value is -3.79. The standard InChI is InChI=1S/C18H11FN6/c19-13-4-2-6-15(8-13)25-18-16(10-23-25)17(21-11-22-18)24-14-5-1-3-12(7-14)9-20/h1-8,10-11H,(H,21,22,24). The van der Waals surface area contributed by atoms with E-state index in [0.717, 1.165) is 5.69 Å². The molecule has 6 nitrogen and oxygen atoms in total. The molecule has 0 bridgehead atoms. The Morgan fingerprint density at radius 3 is 2.80 bits per heavy atom. The van der Waals surface area contributed by atoms with Gasteiger partial charge in [0.15, 0.2) is 5.65 Å². The molecule has 0 radical (unpaired) electrons. The molecule has 0 amide bonds. The van der Waals surface area contributed by atoms with Crippen LogP contribution in [0.2, 0.25) is 0 Å². The Morgan fingerprint density at radius 2 is 1.96 bits per heavy atom. The second kappa shape index (κ2) is 6.02. The van der Waals surface area contributed by atoms with Gasteiger partial charge in [0.05, 0.1) is 28.9 Å². The lowest BCUT2D eigenvalue weighted by atomic mass is 10.2. The van der Waals surface area contributed by atoms with Crippen LogP contribution in [0.4, 0.5) is 15.9 Å². The quantitative estimate of drug-likeness (QED) is 0.621. The van der Waals surface area contributed by atoms with Gasteiger partial charge >= 0.3 is 0 Å². The number of hydrogen-bond acceptors (Lipinski definition) is 5. The maximum atomic E-state index is 13.5. The van der Waals surface area contributed by atoms with Gasteiger partial charge in [-0.3, -0.25) is 0 Å². The predicted octanol–water partition coefficient (Wildman–Crippen LogP) is 3.57. The molecule has 0 aliphatic carbocycles. The van der Waals surface area contributed by atoms with Crippen LogP contribution in [0.3, 0.4) is 0 Å². The number of anilines is 2. The van der Waals surface area contributed by atoms with Crippen LogP contribution in [-0.4, -0.2) is 19.7 Å². The summed E-state index contributed by atoms with van der Waals surface area (Å²) in [6, 6.07) is 15.3. The van der Waals surface area contributed by atoms with Crippen LogP contribution in [0.25, 0.3) is 16.7 Å². The zero-order chi connectivity index (χ0) is 17.2. The molecular weight excluding hydrogens is 319 g/mol. The van der Waals surface area contributed by atoms with Gasteiger partial charge in [-0.2, -0.15) is 10.4 Å². The third-order valence-corrected chi connectivity index (χ3v) is 3.67. The van der Waals surface area contributed by atoms with E-state index in [0.29, 0.717) is 28.1 Å². The summed E-state index contributed by atoms with van der Waals surface area (Å²) in [4.78, 5) is 8.51. The van der Waals surface area contributed by atoms with Crippen molar-refractivity contribution < 1.29 is 4.39 Å². The van der Waals surface area contributed by atoms with Gasteiger partial charge in [0.2, 0.25) is 0 Å². The highest BCUT2D eigenvalue weighted by atomic mass is 19.1. The predicted molar refractivity (Wildman–Crippen MR) is 91.1 cm³/mol. The molecule has 0 aliphatic heterocycles. The van der Waals surface area contributed by atoms with E-state index >= 15 is 0 Å². The topological polar surface area (TPSA) is 79.4 Å². The fourth-order valence-corrected chi connectivity index (χ4v) is 2.54. The van der Waals surface area contributed by atoms with Crippen LogP contribution in [0, 0.1) is 17.1 Å². The van der Waals surface area contributed by atoms with E-state index < -0.39 is 0 Å². The van der Waals surface area contributed by atoms with Crippen molar-refractivity contribution in [3.8, 4) is 11.8 Å².